The molecule has 3 aliphatic heterocycles. The molecular weight excluding hydrogens is 549 g/mol. The van der Waals surface area contributed by atoms with Gasteiger partial charge in [-0.05, 0) is 50.1 Å². The number of ether oxygens (including phenoxy) is 2. The number of methoxy groups -OCH3 is 1. The summed E-state index contributed by atoms with van der Waals surface area (Å²) in [6, 6.07) is 10.4. The average Bonchev–Trinajstić information content (AvgIpc) is 3.33. The molecule has 0 saturated carbocycles. The number of aliphatic hydroxyl groups excluding tert-OH is 1. The van der Waals surface area contributed by atoms with E-state index in [2.05, 4.69) is 49.4 Å². The lowest BCUT2D eigenvalue weighted by Gasteiger charge is -2.40. The summed E-state index contributed by atoms with van der Waals surface area (Å²) in [6.07, 6.45) is 6.44. The van der Waals surface area contributed by atoms with E-state index < -0.39 is 11.9 Å². The van der Waals surface area contributed by atoms with Gasteiger partial charge in [0.25, 0.3) is 0 Å². The topological polar surface area (TPSA) is 85.7 Å². The molecule has 43 heavy (non-hydrogen) atoms. The first-order valence-electron chi connectivity index (χ1n) is 15.0. The zero-order chi connectivity index (χ0) is 30.9. The molecule has 2 saturated heterocycles. The first-order valence-corrected chi connectivity index (χ1v) is 15.0. The number of carbonyl (C=O) groups excluding carboxylic acids is 1. The lowest BCUT2D eigenvalue weighted by molar-refractivity contribution is -0.0424. The first-order chi connectivity index (χ1) is 20.6. The number of hydrogen-bond donors (Lipinski definition) is 2. The summed E-state index contributed by atoms with van der Waals surface area (Å²) in [4.78, 5) is 19.2. The van der Waals surface area contributed by atoms with E-state index in [0.29, 0.717) is 48.5 Å². The Morgan fingerprint density at radius 2 is 1.86 bits per heavy atom. The number of benzene rings is 2. The fraction of sp³-hybridized carbons (Fsp3) is 0.441. The van der Waals surface area contributed by atoms with Gasteiger partial charge >= 0.3 is 6.09 Å². The highest BCUT2D eigenvalue weighted by molar-refractivity contribution is 5.90. The van der Waals surface area contributed by atoms with Gasteiger partial charge in [-0.25, -0.2) is 9.18 Å². The van der Waals surface area contributed by atoms with Crippen LogP contribution < -0.4 is 9.64 Å². The maximum absolute atomic E-state index is 14.7. The molecule has 0 aliphatic carbocycles. The first kappa shape index (κ1) is 30.8. The van der Waals surface area contributed by atoms with Crippen LogP contribution >= 0.6 is 0 Å². The summed E-state index contributed by atoms with van der Waals surface area (Å²) in [5, 5.41) is 18.8. The van der Waals surface area contributed by atoms with Gasteiger partial charge in [0, 0.05) is 73.1 Å². The van der Waals surface area contributed by atoms with Crippen LogP contribution in [-0.2, 0) is 4.74 Å². The molecule has 230 valence electrons. The zero-order valence-electron chi connectivity index (χ0n) is 25.4. The van der Waals surface area contributed by atoms with Gasteiger partial charge in [0.05, 0.1) is 19.2 Å². The number of amides is 1. The van der Waals surface area contributed by atoms with E-state index in [-0.39, 0.29) is 24.0 Å². The van der Waals surface area contributed by atoms with Crippen molar-refractivity contribution in [2.24, 2.45) is 0 Å². The largest absolute Gasteiger partial charge is 0.495 e. The predicted molar refractivity (Wildman–Crippen MR) is 166 cm³/mol. The van der Waals surface area contributed by atoms with Crippen LogP contribution in [0.3, 0.4) is 0 Å². The van der Waals surface area contributed by atoms with Crippen molar-refractivity contribution in [2.75, 3.05) is 38.2 Å². The molecule has 1 amide bonds. The smallest absolute Gasteiger partial charge is 0.415 e. The Hall–Kier alpha value is -3.66. The quantitative estimate of drug-likeness (QED) is 0.361. The molecule has 5 rings (SSSR count). The van der Waals surface area contributed by atoms with Gasteiger partial charge in [-0.1, -0.05) is 37.8 Å². The number of hydrogen-bond acceptors (Lipinski definition) is 7. The van der Waals surface area contributed by atoms with Gasteiger partial charge in [-0.15, -0.1) is 0 Å². The zero-order valence-corrected chi connectivity index (χ0v) is 25.4. The average molecular weight is 592 g/mol. The Kier molecular flexibility index (Phi) is 8.96. The van der Waals surface area contributed by atoms with Gasteiger partial charge in [0.1, 0.15) is 17.2 Å². The van der Waals surface area contributed by atoms with Crippen LogP contribution in [0.15, 0.2) is 60.8 Å². The summed E-state index contributed by atoms with van der Waals surface area (Å²) >= 11 is 0. The third-order valence-electron chi connectivity index (χ3n) is 8.89. The molecule has 9 heteroatoms. The minimum absolute atomic E-state index is 0.239. The number of carbonyl (C=O) groups is 1. The van der Waals surface area contributed by atoms with Crippen LogP contribution in [0, 0.1) is 5.82 Å². The van der Waals surface area contributed by atoms with Crippen LogP contribution in [0.2, 0.25) is 0 Å². The van der Waals surface area contributed by atoms with E-state index in [0.717, 1.165) is 36.2 Å². The van der Waals surface area contributed by atoms with Crippen molar-refractivity contribution in [3.63, 3.8) is 0 Å². The molecule has 1 spiro atoms. The van der Waals surface area contributed by atoms with Crippen LogP contribution in [0.1, 0.15) is 63.0 Å². The van der Waals surface area contributed by atoms with E-state index in [9.17, 15) is 19.4 Å². The van der Waals surface area contributed by atoms with Crippen molar-refractivity contribution in [2.45, 2.75) is 64.0 Å². The van der Waals surface area contributed by atoms with Gasteiger partial charge in [-0.2, -0.15) is 0 Å². The summed E-state index contributed by atoms with van der Waals surface area (Å²) in [7, 11) is 1.56. The molecule has 2 fully saturated rings. The molecule has 0 aromatic heterocycles. The lowest BCUT2D eigenvalue weighted by Crippen LogP contribution is -2.47. The maximum atomic E-state index is 14.7. The molecule has 3 heterocycles. The van der Waals surface area contributed by atoms with Crippen LogP contribution in [0.5, 0.6) is 5.75 Å². The number of rotatable bonds is 9. The monoisotopic (exact) mass is 591 g/mol. The highest BCUT2D eigenvalue weighted by Crippen LogP contribution is 2.41. The number of likely N-dealkylation sites (tertiary alicyclic amines) is 1. The Balaban J connectivity index is 1.35. The van der Waals surface area contributed by atoms with Crippen LogP contribution in [-0.4, -0.2) is 77.1 Å². The summed E-state index contributed by atoms with van der Waals surface area (Å²) in [5.74, 6) is 0.107. The second-order valence-corrected chi connectivity index (χ2v) is 11.9. The number of piperidine rings is 1. The fourth-order valence-electron chi connectivity index (χ4n) is 6.44. The second kappa shape index (κ2) is 12.5. The summed E-state index contributed by atoms with van der Waals surface area (Å²) < 4.78 is 26.4. The summed E-state index contributed by atoms with van der Waals surface area (Å²) in [5.41, 5.74) is 3.82. The highest BCUT2D eigenvalue weighted by Gasteiger charge is 2.47. The number of nitrogens with zero attached hydrogens (tertiary/aromatic N) is 3. The lowest BCUT2D eigenvalue weighted by atomic mass is 9.88. The van der Waals surface area contributed by atoms with Crippen molar-refractivity contribution in [1.82, 2.24) is 9.80 Å². The SMILES string of the molecule is C=Cc1c(F)ccc(C2=CN(C(C)C)C(CC)C=C2CN2CCC3(CC2)CN(c2ccc(C(O)O)cc2)C(=O)O3)c1OC. The minimum atomic E-state index is -1.56. The van der Waals surface area contributed by atoms with Crippen LogP contribution in [0.4, 0.5) is 14.9 Å². The molecule has 1 atom stereocenters. The molecule has 8 nitrogen and oxygen atoms in total. The van der Waals surface area contributed by atoms with E-state index in [1.165, 1.54) is 12.1 Å². The van der Waals surface area contributed by atoms with Crippen molar-refractivity contribution >= 4 is 23.4 Å². The summed E-state index contributed by atoms with van der Waals surface area (Å²) in [6.45, 7) is 13.0. The van der Waals surface area contributed by atoms with Crippen molar-refractivity contribution < 1.29 is 28.9 Å². The molecule has 1 unspecified atom stereocenters. The van der Waals surface area contributed by atoms with Crippen molar-refractivity contribution in [3.05, 3.63) is 83.3 Å². The number of aliphatic hydroxyl groups is 2. The third kappa shape index (κ3) is 6.07. The van der Waals surface area contributed by atoms with E-state index in [1.807, 2.05) is 0 Å². The molecule has 2 aromatic rings. The van der Waals surface area contributed by atoms with Gasteiger partial charge in [-0.3, -0.25) is 9.80 Å². The Morgan fingerprint density at radius 1 is 1.16 bits per heavy atom. The fourth-order valence-corrected chi connectivity index (χ4v) is 6.44. The van der Waals surface area contributed by atoms with Crippen molar-refractivity contribution in [3.8, 4) is 5.75 Å². The number of halogens is 1. The predicted octanol–water partition coefficient (Wildman–Crippen LogP) is 5.72. The molecule has 2 N–H and O–H groups in total. The van der Waals surface area contributed by atoms with E-state index >= 15 is 0 Å². The highest BCUT2D eigenvalue weighted by atomic mass is 19.1. The maximum Gasteiger partial charge on any atom is 0.415 e. The minimum Gasteiger partial charge on any atom is -0.495 e. The molecule has 0 bridgehead atoms. The number of anilines is 1. The normalized spacial score (nSPS) is 20.5. The Morgan fingerprint density at radius 3 is 2.44 bits per heavy atom. The molecular formula is C34H42FN3O5. The van der Waals surface area contributed by atoms with Crippen LogP contribution in [0.25, 0.3) is 11.6 Å². The van der Waals surface area contributed by atoms with Crippen molar-refractivity contribution in [1.29, 1.82) is 0 Å². The van der Waals surface area contributed by atoms with Gasteiger partial charge < -0.3 is 24.6 Å². The third-order valence-corrected chi connectivity index (χ3v) is 8.89. The molecule has 0 radical (unpaired) electrons. The second-order valence-electron chi connectivity index (χ2n) is 11.9. The van der Waals surface area contributed by atoms with E-state index in [4.69, 9.17) is 9.47 Å². The van der Waals surface area contributed by atoms with Gasteiger partial charge in [0.2, 0.25) is 0 Å². The molecule has 3 aliphatic rings. The Bertz CT molecular complexity index is 1410. The molecule has 2 aromatic carbocycles. The Labute approximate surface area is 253 Å². The standard InChI is InChI=1S/C34H42FN3O5/c1-6-25-18-24(29(20-37(25)22(3)4)28-12-13-30(35)27(7-2)31(28)42-5)19-36-16-14-34(15-17-36)21-38(33(41)43-34)26-10-8-23(9-11-26)32(39)40/h7-13,18,20,22,25,32,39-40H,2,6,14-17,19,21H2,1,3-5H3. The van der Waals surface area contributed by atoms with E-state index in [1.54, 1.807) is 42.3 Å². The van der Waals surface area contributed by atoms with Gasteiger partial charge in [0.15, 0.2) is 6.29 Å².